The van der Waals surface area contributed by atoms with Crippen molar-refractivity contribution in [3.63, 3.8) is 0 Å². The van der Waals surface area contributed by atoms with Crippen LogP contribution in [0.3, 0.4) is 0 Å². The Kier molecular flexibility index (Phi) is 4.29. The maximum atomic E-state index is 8.83. The third kappa shape index (κ3) is 3.65. The second kappa shape index (κ2) is 5.94. The zero-order chi connectivity index (χ0) is 12.1. The van der Waals surface area contributed by atoms with Crippen LogP contribution in [0.2, 0.25) is 0 Å². The molecule has 90 valence electrons. The van der Waals surface area contributed by atoms with Gasteiger partial charge in [-0.2, -0.15) is 0 Å². The van der Waals surface area contributed by atoms with Crippen LogP contribution in [0.4, 0.5) is 0 Å². The minimum absolute atomic E-state index is 0.182. The largest absolute Gasteiger partial charge is 0.396 e. The van der Waals surface area contributed by atoms with Gasteiger partial charge in [0.2, 0.25) is 0 Å². The average Bonchev–Trinajstić information content (AvgIpc) is 2.75. The molecule has 1 aromatic carbocycles. The number of nitrogens with zero attached hydrogens (tertiary/aromatic N) is 1. The summed E-state index contributed by atoms with van der Waals surface area (Å²) < 4.78 is 0. The lowest BCUT2D eigenvalue weighted by molar-refractivity contribution is 0.298. The van der Waals surface area contributed by atoms with Gasteiger partial charge in [-0.25, -0.2) is 4.98 Å². The lowest BCUT2D eigenvalue weighted by Crippen LogP contribution is -1.94. The highest BCUT2D eigenvalue weighted by atomic mass is 32.1. The lowest BCUT2D eigenvalue weighted by atomic mass is 10.1. The number of aliphatic hydroxyl groups is 1. The number of aryl methyl sites for hydroxylation is 3. The molecule has 0 radical (unpaired) electrons. The van der Waals surface area contributed by atoms with Gasteiger partial charge in [-0.05, 0) is 18.9 Å². The molecule has 1 aromatic heterocycles. The molecule has 0 aliphatic rings. The van der Waals surface area contributed by atoms with Gasteiger partial charge < -0.3 is 5.11 Å². The van der Waals surface area contributed by atoms with E-state index in [1.807, 2.05) is 5.38 Å². The molecule has 3 heteroatoms. The Morgan fingerprint density at radius 2 is 2.12 bits per heavy atom. The van der Waals surface area contributed by atoms with Crippen LogP contribution in [0.5, 0.6) is 0 Å². The van der Waals surface area contributed by atoms with E-state index in [-0.39, 0.29) is 6.61 Å². The summed E-state index contributed by atoms with van der Waals surface area (Å²) in [5, 5.41) is 12.0. The number of hydrogen-bond acceptors (Lipinski definition) is 3. The van der Waals surface area contributed by atoms with E-state index in [0.717, 1.165) is 23.5 Å². The number of aliphatic hydroxyl groups excluding tert-OH is 1. The predicted octanol–water partition coefficient (Wildman–Crippen LogP) is 2.77. The SMILES string of the molecule is Cc1cccc(CCc2nc(CCO)cs2)c1. The molecule has 2 rings (SSSR count). The topological polar surface area (TPSA) is 33.1 Å². The minimum Gasteiger partial charge on any atom is -0.396 e. The van der Waals surface area contributed by atoms with Crippen molar-refractivity contribution in [2.24, 2.45) is 0 Å². The van der Waals surface area contributed by atoms with Crippen molar-refractivity contribution in [1.82, 2.24) is 4.98 Å². The van der Waals surface area contributed by atoms with E-state index in [0.29, 0.717) is 6.42 Å². The molecule has 0 fully saturated rings. The van der Waals surface area contributed by atoms with Crippen LogP contribution in [0.15, 0.2) is 29.6 Å². The van der Waals surface area contributed by atoms with Gasteiger partial charge in [-0.3, -0.25) is 0 Å². The highest BCUT2D eigenvalue weighted by Crippen LogP contribution is 2.14. The molecule has 0 saturated carbocycles. The first-order chi connectivity index (χ1) is 8.28. The summed E-state index contributed by atoms with van der Waals surface area (Å²) in [6.07, 6.45) is 2.69. The number of rotatable bonds is 5. The highest BCUT2D eigenvalue weighted by Gasteiger charge is 2.02. The first kappa shape index (κ1) is 12.3. The number of benzene rings is 1. The Bertz CT molecular complexity index is 479. The monoisotopic (exact) mass is 247 g/mol. The molecule has 0 bridgehead atoms. The highest BCUT2D eigenvalue weighted by molar-refractivity contribution is 7.09. The first-order valence-electron chi connectivity index (χ1n) is 5.87. The first-order valence-corrected chi connectivity index (χ1v) is 6.75. The molecule has 1 heterocycles. The Hall–Kier alpha value is -1.19. The average molecular weight is 247 g/mol. The summed E-state index contributed by atoms with van der Waals surface area (Å²) in [6.45, 7) is 2.30. The van der Waals surface area contributed by atoms with Crippen LogP contribution in [-0.4, -0.2) is 16.7 Å². The summed E-state index contributed by atoms with van der Waals surface area (Å²) in [5.41, 5.74) is 3.68. The van der Waals surface area contributed by atoms with Crippen molar-refractivity contribution in [3.8, 4) is 0 Å². The maximum absolute atomic E-state index is 8.83. The van der Waals surface area contributed by atoms with Crippen molar-refractivity contribution in [2.45, 2.75) is 26.2 Å². The van der Waals surface area contributed by atoms with Crippen LogP contribution in [0.25, 0.3) is 0 Å². The zero-order valence-electron chi connectivity index (χ0n) is 10.0. The third-order valence-corrected chi connectivity index (χ3v) is 3.63. The third-order valence-electron chi connectivity index (χ3n) is 2.68. The molecular weight excluding hydrogens is 230 g/mol. The van der Waals surface area contributed by atoms with E-state index in [9.17, 15) is 0 Å². The van der Waals surface area contributed by atoms with E-state index in [2.05, 4.69) is 36.2 Å². The molecule has 1 N–H and O–H groups in total. The number of hydrogen-bond donors (Lipinski definition) is 1. The van der Waals surface area contributed by atoms with Crippen LogP contribution in [0.1, 0.15) is 21.8 Å². The summed E-state index contributed by atoms with van der Waals surface area (Å²) in [7, 11) is 0. The van der Waals surface area contributed by atoms with Crippen LogP contribution >= 0.6 is 11.3 Å². The van der Waals surface area contributed by atoms with Gasteiger partial charge in [-0.1, -0.05) is 29.8 Å². The van der Waals surface area contributed by atoms with E-state index in [1.54, 1.807) is 11.3 Å². The van der Waals surface area contributed by atoms with E-state index >= 15 is 0 Å². The molecule has 0 saturated heterocycles. The summed E-state index contributed by atoms with van der Waals surface area (Å²) in [4.78, 5) is 4.50. The Morgan fingerprint density at radius 3 is 2.88 bits per heavy atom. The van der Waals surface area contributed by atoms with Crippen molar-refractivity contribution >= 4 is 11.3 Å². The van der Waals surface area contributed by atoms with Crippen molar-refractivity contribution < 1.29 is 5.11 Å². The van der Waals surface area contributed by atoms with E-state index in [1.165, 1.54) is 11.1 Å². The fraction of sp³-hybridized carbons (Fsp3) is 0.357. The van der Waals surface area contributed by atoms with Gasteiger partial charge in [-0.15, -0.1) is 11.3 Å². The quantitative estimate of drug-likeness (QED) is 0.881. The van der Waals surface area contributed by atoms with Crippen molar-refractivity contribution in [3.05, 3.63) is 51.5 Å². The van der Waals surface area contributed by atoms with Gasteiger partial charge in [0.05, 0.1) is 10.7 Å². The van der Waals surface area contributed by atoms with Gasteiger partial charge in [0, 0.05) is 24.8 Å². The Morgan fingerprint density at radius 1 is 1.24 bits per heavy atom. The molecule has 2 nitrogen and oxygen atoms in total. The minimum atomic E-state index is 0.182. The smallest absolute Gasteiger partial charge is 0.0931 e. The predicted molar refractivity (Wildman–Crippen MR) is 71.5 cm³/mol. The fourth-order valence-corrected chi connectivity index (χ4v) is 2.64. The normalized spacial score (nSPS) is 10.7. The Balaban J connectivity index is 1.93. The molecule has 0 unspecified atom stereocenters. The summed E-state index contributed by atoms with van der Waals surface area (Å²) >= 11 is 1.69. The standard InChI is InChI=1S/C14H17NOS/c1-11-3-2-4-12(9-11)5-6-14-15-13(7-8-16)10-17-14/h2-4,9-10,16H,5-8H2,1H3. The number of aromatic nitrogens is 1. The van der Waals surface area contributed by atoms with Gasteiger partial charge in [0.1, 0.15) is 0 Å². The maximum Gasteiger partial charge on any atom is 0.0931 e. The van der Waals surface area contributed by atoms with Gasteiger partial charge in [0.15, 0.2) is 0 Å². The van der Waals surface area contributed by atoms with Crippen LogP contribution in [-0.2, 0) is 19.3 Å². The summed E-state index contributed by atoms with van der Waals surface area (Å²) in [5.74, 6) is 0. The number of thiazole rings is 1. The van der Waals surface area contributed by atoms with E-state index < -0.39 is 0 Å². The lowest BCUT2D eigenvalue weighted by Gasteiger charge is -2.00. The summed E-state index contributed by atoms with van der Waals surface area (Å²) in [6, 6.07) is 8.60. The van der Waals surface area contributed by atoms with Crippen LogP contribution < -0.4 is 0 Å². The van der Waals surface area contributed by atoms with Gasteiger partial charge >= 0.3 is 0 Å². The van der Waals surface area contributed by atoms with Crippen LogP contribution in [0, 0.1) is 6.92 Å². The van der Waals surface area contributed by atoms with Crippen molar-refractivity contribution in [1.29, 1.82) is 0 Å². The molecule has 0 spiro atoms. The molecule has 0 amide bonds. The molecule has 0 atom stereocenters. The molecule has 0 aliphatic carbocycles. The second-order valence-electron chi connectivity index (χ2n) is 4.20. The zero-order valence-corrected chi connectivity index (χ0v) is 10.8. The molecular formula is C14H17NOS. The van der Waals surface area contributed by atoms with Crippen molar-refractivity contribution in [2.75, 3.05) is 6.61 Å². The van der Waals surface area contributed by atoms with Gasteiger partial charge in [0.25, 0.3) is 0 Å². The molecule has 0 aliphatic heterocycles. The molecule has 17 heavy (non-hydrogen) atoms. The molecule has 2 aromatic rings. The van der Waals surface area contributed by atoms with E-state index in [4.69, 9.17) is 5.11 Å². The Labute approximate surface area is 106 Å². The fourth-order valence-electron chi connectivity index (χ4n) is 1.81. The second-order valence-corrected chi connectivity index (χ2v) is 5.14.